The van der Waals surface area contributed by atoms with E-state index in [4.69, 9.17) is 21.1 Å². The summed E-state index contributed by atoms with van der Waals surface area (Å²) in [5.74, 6) is 0.609. The van der Waals surface area contributed by atoms with Crippen LogP contribution in [-0.4, -0.2) is 19.1 Å². The van der Waals surface area contributed by atoms with E-state index in [1.165, 1.54) is 13.2 Å². The SMILES string of the molecule is COc1cc(C=C(C#N)C(=O)Nc2cccc(Cl)c2)ccc1OC(C)C. The van der Waals surface area contributed by atoms with E-state index in [2.05, 4.69) is 5.32 Å². The number of carbonyl (C=O) groups excluding carboxylic acids is 1. The monoisotopic (exact) mass is 370 g/mol. The number of nitrogens with zero attached hydrogens (tertiary/aromatic N) is 1. The highest BCUT2D eigenvalue weighted by Crippen LogP contribution is 2.29. The van der Waals surface area contributed by atoms with Crippen molar-refractivity contribution in [1.29, 1.82) is 5.26 Å². The van der Waals surface area contributed by atoms with Gasteiger partial charge in [-0.1, -0.05) is 23.7 Å². The zero-order chi connectivity index (χ0) is 19.1. The standard InChI is InChI=1S/C20H19ClN2O3/c1-13(2)26-18-8-7-14(10-19(18)25-3)9-15(12-22)20(24)23-17-6-4-5-16(21)11-17/h4-11,13H,1-3H3,(H,23,24). The second-order valence-corrected chi connectivity index (χ2v) is 6.15. The first-order valence-corrected chi connectivity index (χ1v) is 8.34. The van der Waals surface area contributed by atoms with Gasteiger partial charge in [0.1, 0.15) is 11.6 Å². The van der Waals surface area contributed by atoms with Gasteiger partial charge in [0.2, 0.25) is 0 Å². The van der Waals surface area contributed by atoms with Gasteiger partial charge in [0.25, 0.3) is 5.91 Å². The molecule has 1 N–H and O–H groups in total. The van der Waals surface area contributed by atoms with Crippen molar-refractivity contribution >= 4 is 29.3 Å². The first kappa shape index (κ1) is 19.4. The fourth-order valence-electron chi connectivity index (χ4n) is 2.21. The summed E-state index contributed by atoms with van der Waals surface area (Å²) in [6.07, 6.45) is 1.49. The summed E-state index contributed by atoms with van der Waals surface area (Å²) in [5, 5.41) is 12.5. The van der Waals surface area contributed by atoms with Gasteiger partial charge in [0.05, 0.1) is 13.2 Å². The number of rotatable bonds is 6. The van der Waals surface area contributed by atoms with Crippen LogP contribution in [0, 0.1) is 11.3 Å². The van der Waals surface area contributed by atoms with Gasteiger partial charge >= 0.3 is 0 Å². The Morgan fingerprint density at radius 3 is 2.62 bits per heavy atom. The maximum absolute atomic E-state index is 12.3. The fourth-order valence-corrected chi connectivity index (χ4v) is 2.40. The van der Waals surface area contributed by atoms with Crippen LogP contribution >= 0.6 is 11.6 Å². The molecule has 0 radical (unpaired) electrons. The smallest absolute Gasteiger partial charge is 0.266 e. The van der Waals surface area contributed by atoms with Crippen molar-refractivity contribution in [2.24, 2.45) is 0 Å². The Morgan fingerprint density at radius 2 is 2.00 bits per heavy atom. The first-order valence-electron chi connectivity index (χ1n) is 7.96. The fraction of sp³-hybridized carbons (Fsp3) is 0.200. The molecule has 0 unspecified atom stereocenters. The molecule has 6 heteroatoms. The third-order valence-corrected chi connectivity index (χ3v) is 3.54. The van der Waals surface area contributed by atoms with E-state index in [1.807, 2.05) is 19.9 Å². The molecule has 2 aromatic rings. The number of hydrogen-bond acceptors (Lipinski definition) is 4. The van der Waals surface area contributed by atoms with Gasteiger partial charge < -0.3 is 14.8 Å². The van der Waals surface area contributed by atoms with E-state index >= 15 is 0 Å². The predicted octanol–water partition coefficient (Wildman–Crippen LogP) is 4.68. The van der Waals surface area contributed by atoms with Gasteiger partial charge in [-0.2, -0.15) is 5.26 Å². The maximum atomic E-state index is 12.3. The molecule has 0 fully saturated rings. The Balaban J connectivity index is 2.24. The van der Waals surface area contributed by atoms with Crippen LogP contribution in [0.25, 0.3) is 6.08 Å². The molecule has 0 aromatic heterocycles. The normalized spacial score (nSPS) is 11.0. The summed E-state index contributed by atoms with van der Waals surface area (Å²) < 4.78 is 11.0. The van der Waals surface area contributed by atoms with Crippen molar-refractivity contribution < 1.29 is 14.3 Å². The Morgan fingerprint density at radius 1 is 1.23 bits per heavy atom. The second kappa shape index (κ2) is 8.93. The van der Waals surface area contributed by atoms with Crippen LogP contribution in [-0.2, 0) is 4.79 Å². The number of amides is 1. The van der Waals surface area contributed by atoms with Gasteiger partial charge in [-0.3, -0.25) is 4.79 Å². The zero-order valence-electron chi connectivity index (χ0n) is 14.7. The van der Waals surface area contributed by atoms with Gasteiger partial charge in [0, 0.05) is 10.7 Å². The molecule has 2 aromatic carbocycles. The number of nitrogens with one attached hydrogen (secondary N) is 1. The Labute approximate surface area is 157 Å². The van der Waals surface area contributed by atoms with Crippen molar-refractivity contribution in [3.63, 3.8) is 0 Å². The molecule has 0 saturated heterocycles. The number of hydrogen-bond donors (Lipinski definition) is 1. The molecular weight excluding hydrogens is 352 g/mol. The maximum Gasteiger partial charge on any atom is 0.266 e. The molecule has 2 rings (SSSR count). The Bertz CT molecular complexity index is 870. The van der Waals surface area contributed by atoms with E-state index in [0.717, 1.165) is 0 Å². The number of carbonyl (C=O) groups is 1. The molecule has 0 bridgehead atoms. The lowest BCUT2D eigenvalue weighted by atomic mass is 10.1. The summed E-state index contributed by atoms with van der Waals surface area (Å²) in [6.45, 7) is 3.84. The molecule has 0 saturated carbocycles. The molecule has 26 heavy (non-hydrogen) atoms. The number of methoxy groups -OCH3 is 1. The van der Waals surface area contributed by atoms with Crippen LogP contribution < -0.4 is 14.8 Å². The van der Waals surface area contributed by atoms with Crippen LogP contribution in [0.4, 0.5) is 5.69 Å². The minimum atomic E-state index is -0.517. The van der Waals surface area contributed by atoms with E-state index in [0.29, 0.717) is 27.8 Å². The molecule has 0 spiro atoms. The van der Waals surface area contributed by atoms with Crippen LogP contribution in [0.2, 0.25) is 5.02 Å². The highest BCUT2D eigenvalue weighted by atomic mass is 35.5. The number of halogens is 1. The van der Waals surface area contributed by atoms with Crippen molar-refractivity contribution in [2.45, 2.75) is 20.0 Å². The molecule has 0 aliphatic carbocycles. The molecule has 1 amide bonds. The Kier molecular flexibility index (Phi) is 6.65. The lowest BCUT2D eigenvalue weighted by molar-refractivity contribution is -0.112. The number of nitriles is 1. The van der Waals surface area contributed by atoms with Crippen molar-refractivity contribution in [3.8, 4) is 17.6 Å². The highest BCUT2D eigenvalue weighted by Gasteiger charge is 2.12. The van der Waals surface area contributed by atoms with E-state index in [-0.39, 0.29) is 11.7 Å². The third-order valence-electron chi connectivity index (χ3n) is 3.31. The van der Waals surface area contributed by atoms with Crippen molar-refractivity contribution in [3.05, 3.63) is 58.6 Å². The number of ether oxygens (including phenoxy) is 2. The van der Waals surface area contributed by atoms with E-state index < -0.39 is 5.91 Å². The molecule has 0 aliphatic rings. The average molecular weight is 371 g/mol. The summed E-state index contributed by atoms with van der Waals surface area (Å²) in [5.41, 5.74) is 1.13. The number of anilines is 1. The van der Waals surface area contributed by atoms with Crippen molar-refractivity contribution in [2.75, 3.05) is 12.4 Å². The van der Waals surface area contributed by atoms with Crippen LogP contribution in [0.15, 0.2) is 48.0 Å². The summed E-state index contributed by atoms with van der Waals surface area (Å²) >= 11 is 5.90. The highest BCUT2D eigenvalue weighted by molar-refractivity contribution is 6.31. The van der Waals surface area contributed by atoms with Gasteiger partial charge in [0.15, 0.2) is 11.5 Å². The minimum absolute atomic E-state index is 0.00318. The van der Waals surface area contributed by atoms with Gasteiger partial charge in [-0.05, 0) is 55.8 Å². The predicted molar refractivity (Wildman–Crippen MR) is 102 cm³/mol. The molecule has 134 valence electrons. The quantitative estimate of drug-likeness (QED) is 0.592. The zero-order valence-corrected chi connectivity index (χ0v) is 15.5. The third kappa shape index (κ3) is 5.27. The van der Waals surface area contributed by atoms with E-state index in [1.54, 1.807) is 42.5 Å². The molecular formula is C20H19ClN2O3. The van der Waals surface area contributed by atoms with Crippen LogP contribution in [0.5, 0.6) is 11.5 Å². The number of benzene rings is 2. The average Bonchev–Trinajstić information content (AvgIpc) is 2.60. The van der Waals surface area contributed by atoms with Crippen LogP contribution in [0.1, 0.15) is 19.4 Å². The van der Waals surface area contributed by atoms with Gasteiger partial charge in [-0.15, -0.1) is 0 Å². The molecule has 0 atom stereocenters. The largest absolute Gasteiger partial charge is 0.493 e. The van der Waals surface area contributed by atoms with Gasteiger partial charge in [-0.25, -0.2) is 0 Å². The lowest BCUT2D eigenvalue weighted by Crippen LogP contribution is -2.13. The topological polar surface area (TPSA) is 71.3 Å². The summed E-state index contributed by atoms with van der Waals surface area (Å²) in [6, 6.07) is 13.8. The van der Waals surface area contributed by atoms with Crippen LogP contribution in [0.3, 0.4) is 0 Å². The first-order chi connectivity index (χ1) is 12.4. The van der Waals surface area contributed by atoms with E-state index in [9.17, 15) is 10.1 Å². The summed E-state index contributed by atoms with van der Waals surface area (Å²) in [7, 11) is 1.53. The second-order valence-electron chi connectivity index (χ2n) is 5.71. The summed E-state index contributed by atoms with van der Waals surface area (Å²) in [4.78, 5) is 12.3. The van der Waals surface area contributed by atoms with Crippen molar-refractivity contribution in [1.82, 2.24) is 0 Å². The Hall–Kier alpha value is -2.97. The minimum Gasteiger partial charge on any atom is -0.493 e. The molecule has 0 aliphatic heterocycles. The molecule has 5 nitrogen and oxygen atoms in total. The lowest BCUT2D eigenvalue weighted by Gasteiger charge is -2.13. The molecule has 0 heterocycles.